The highest BCUT2D eigenvalue weighted by Gasteiger charge is 1.96. The van der Waals surface area contributed by atoms with Crippen LogP contribution in [-0.4, -0.2) is 19.9 Å². The van der Waals surface area contributed by atoms with E-state index in [1.165, 1.54) is 0 Å². The van der Waals surface area contributed by atoms with Crippen molar-refractivity contribution in [3.8, 4) is 0 Å². The Bertz CT molecular complexity index is 380. The van der Waals surface area contributed by atoms with Crippen molar-refractivity contribution in [1.29, 1.82) is 0 Å². The number of nitrogens with zero attached hydrogens (tertiary/aromatic N) is 3. The first-order chi connectivity index (χ1) is 6.88. The Balaban J connectivity index is 2.10. The highest BCUT2D eigenvalue weighted by atomic mass is 16.3. The molecule has 0 amide bonds. The van der Waals surface area contributed by atoms with Gasteiger partial charge in [-0.1, -0.05) is 6.07 Å². The molecule has 0 bridgehead atoms. The molecule has 1 N–H and O–H groups in total. The average Bonchev–Trinajstić information content (AvgIpc) is 2.72. The van der Waals surface area contributed by atoms with Crippen LogP contribution in [0, 0.1) is 0 Å². The van der Waals surface area contributed by atoms with Gasteiger partial charge in [0.15, 0.2) is 0 Å². The van der Waals surface area contributed by atoms with Gasteiger partial charge in [-0.2, -0.15) is 5.10 Å². The van der Waals surface area contributed by atoms with Gasteiger partial charge < -0.3 is 5.11 Å². The first kappa shape index (κ1) is 8.90. The SMILES string of the molecule is OCc1ccc(Cn2cccn2)nc1. The summed E-state index contributed by atoms with van der Waals surface area (Å²) in [5, 5.41) is 12.9. The number of pyridine rings is 1. The van der Waals surface area contributed by atoms with E-state index in [-0.39, 0.29) is 6.61 Å². The Morgan fingerprint density at radius 2 is 2.29 bits per heavy atom. The van der Waals surface area contributed by atoms with Crippen molar-refractivity contribution in [3.05, 3.63) is 48.0 Å². The zero-order valence-corrected chi connectivity index (χ0v) is 7.67. The largest absolute Gasteiger partial charge is 0.392 e. The number of aromatic nitrogens is 3. The molecular formula is C10H11N3O. The predicted molar refractivity (Wildman–Crippen MR) is 51.5 cm³/mol. The third-order valence-electron chi connectivity index (χ3n) is 1.95. The van der Waals surface area contributed by atoms with E-state index in [1.54, 1.807) is 17.1 Å². The molecule has 0 unspecified atom stereocenters. The quantitative estimate of drug-likeness (QED) is 0.777. The standard InChI is InChI=1S/C10H11N3O/c14-8-9-2-3-10(11-6-9)7-13-5-1-4-12-13/h1-6,14H,7-8H2. The number of aliphatic hydroxyl groups is 1. The van der Waals surface area contributed by atoms with E-state index in [0.29, 0.717) is 6.54 Å². The van der Waals surface area contributed by atoms with Gasteiger partial charge in [-0.05, 0) is 17.7 Å². The molecule has 2 rings (SSSR count). The van der Waals surface area contributed by atoms with Crippen LogP contribution >= 0.6 is 0 Å². The summed E-state index contributed by atoms with van der Waals surface area (Å²) in [5.74, 6) is 0. The fourth-order valence-electron chi connectivity index (χ4n) is 1.20. The number of aliphatic hydroxyl groups excluding tert-OH is 1. The van der Waals surface area contributed by atoms with E-state index in [1.807, 2.05) is 24.4 Å². The molecule has 2 heterocycles. The molecule has 0 atom stereocenters. The van der Waals surface area contributed by atoms with E-state index >= 15 is 0 Å². The van der Waals surface area contributed by atoms with Crippen molar-refractivity contribution in [3.63, 3.8) is 0 Å². The molecule has 0 fully saturated rings. The molecule has 4 heteroatoms. The van der Waals surface area contributed by atoms with Crippen LogP contribution in [0.25, 0.3) is 0 Å². The third kappa shape index (κ3) is 1.97. The molecule has 4 nitrogen and oxygen atoms in total. The lowest BCUT2D eigenvalue weighted by atomic mass is 10.2. The van der Waals surface area contributed by atoms with Crippen LogP contribution in [0.3, 0.4) is 0 Å². The zero-order valence-electron chi connectivity index (χ0n) is 7.67. The van der Waals surface area contributed by atoms with E-state index in [2.05, 4.69) is 10.1 Å². The van der Waals surface area contributed by atoms with Crippen molar-refractivity contribution < 1.29 is 5.11 Å². The van der Waals surface area contributed by atoms with E-state index in [9.17, 15) is 0 Å². The van der Waals surface area contributed by atoms with Crippen molar-refractivity contribution in [2.24, 2.45) is 0 Å². The second-order valence-corrected chi connectivity index (χ2v) is 3.02. The zero-order chi connectivity index (χ0) is 9.80. The van der Waals surface area contributed by atoms with E-state index in [4.69, 9.17) is 5.11 Å². The van der Waals surface area contributed by atoms with Crippen molar-refractivity contribution in [2.75, 3.05) is 0 Å². The highest BCUT2D eigenvalue weighted by Crippen LogP contribution is 2.01. The minimum atomic E-state index is 0.0368. The van der Waals surface area contributed by atoms with Crippen molar-refractivity contribution >= 4 is 0 Å². The molecule has 0 aliphatic heterocycles. The molecule has 72 valence electrons. The molecule has 2 aromatic rings. The second-order valence-electron chi connectivity index (χ2n) is 3.02. The Morgan fingerprint density at radius 1 is 1.36 bits per heavy atom. The van der Waals surface area contributed by atoms with Crippen LogP contribution in [0.4, 0.5) is 0 Å². The van der Waals surface area contributed by atoms with Gasteiger partial charge in [-0.15, -0.1) is 0 Å². The summed E-state index contributed by atoms with van der Waals surface area (Å²) in [5.41, 5.74) is 1.76. The van der Waals surface area contributed by atoms with Crippen molar-refractivity contribution in [1.82, 2.24) is 14.8 Å². The van der Waals surface area contributed by atoms with Crippen molar-refractivity contribution in [2.45, 2.75) is 13.2 Å². The molecule has 2 aromatic heterocycles. The smallest absolute Gasteiger partial charge is 0.0831 e. The molecule has 0 aliphatic carbocycles. The maximum absolute atomic E-state index is 8.83. The Kier molecular flexibility index (Phi) is 2.55. The van der Waals surface area contributed by atoms with Gasteiger partial charge in [0.05, 0.1) is 18.8 Å². The van der Waals surface area contributed by atoms with Crippen LogP contribution in [0.1, 0.15) is 11.3 Å². The fourth-order valence-corrected chi connectivity index (χ4v) is 1.20. The van der Waals surface area contributed by atoms with Gasteiger partial charge in [-0.25, -0.2) is 0 Å². The van der Waals surface area contributed by atoms with Crippen LogP contribution in [0.5, 0.6) is 0 Å². The van der Waals surface area contributed by atoms with Crippen LogP contribution in [0.2, 0.25) is 0 Å². The van der Waals surface area contributed by atoms with Crippen LogP contribution in [0.15, 0.2) is 36.8 Å². The minimum absolute atomic E-state index is 0.0368. The van der Waals surface area contributed by atoms with Gasteiger partial charge in [-0.3, -0.25) is 9.67 Å². The van der Waals surface area contributed by atoms with Crippen LogP contribution < -0.4 is 0 Å². The normalized spacial score (nSPS) is 10.4. The summed E-state index contributed by atoms with van der Waals surface area (Å²) < 4.78 is 1.81. The Morgan fingerprint density at radius 3 is 2.86 bits per heavy atom. The number of rotatable bonds is 3. The predicted octanol–water partition coefficient (Wildman–Crippen LogP) is 0.819. The van der Waals surface area contributed by atoms with E-state index in [0.717, 1.165) is 11.3 Å². The summed E-state index contributed by atoms with van der Waals surface area (Å²) in [6, 6.07) is 5.64. The Hall–Kier alpha value is -1.68. The summed E-state index contributed by atoms with van der Waals surface area (Å²) >= 11 is 0. The summed E-state index contributed by atoms with van der Waals surface area (Å²) in [6.07, 6.45) is 5.31. The van der Waals surface area contributed by atoms with E-state index < -0.39 is 0 Å². The van der Waals surface area contributed by atoms with Gasteiger partial charge in [0.2, 0.25) is 0 Å². The topological polar surface area (TPSA) is 50.9 Å². The Labute approximate surface area is 81.8 Å². The minimum Gasteiger partial charge on any atom is -0.392 e. The lowest BCUT2D eigenvalue weighted by molar-refractivity contribution is 0.281. The maximum atomic E-state index is 8.83. The molecule has 0 aromatic carbocycles. The number of hydrogen-bond donors (Lipinski definition) is 1. The highest BCUT2D eigenvalue weighted by molar-refractivity contribution is 5.13. The van der Waals surface area contributed by atoms with Crippen LogP contribution in [-0.2, 0) is 13.2 Å². The third-order valence-corrected chi connectivity index (χ3v) is 1.95. The lowest BCUT2D eigenvalue weighted by Crippen LogP contribution is -2.02. The molecule has 0 saturated carbocycles. The second kappa shape index (κ2) is 4.02. The first-order valence-electron chi connectivity index (χ1n) is 4.40. The van der Waals surface area contributed by atoms with Gasteiger partial charge in [0.1, 0.15) is 0 Å². The van der Waals surface area contributed by atoms with Gasteiger partial charge in [0.25, 0.3) is 0 Å². The molecule has 14 heavy (non-hydrogen) atoms. The fraction of sp³-hybridized carbons (Fsp3) is 0.200. The molecule has 0 aliphatic rings. The summed E-state index contributed by atoms with van der Waals surface area (Å²) in [6.45, 7) is 0.702. The summed E-state index contributed by atoms with van der Waals surface area (Å²) in [7, 11) is 0. The molecule has 0 radical (unpaired) electrons. The lowest BCUT2D eigenvalue weighted by Gasteiger charge is -2.01. The molecule has 0 spiro atoms. The molecule has 0 saturated heterocycles. The van der Waals surface area contributed by atoms with Gasteiger partial charge >= 0.3 is 0 Å². The monoisotopic (exact) mass is 189 g/mol. The molecular weight excluding hydrogens is 178 g/mol. The number of hydrogen-bond acceptors (Lipinski definition) is 3. The first-order valence-corrected chi connectivity index (χ1v) is 4.40. The average molecular weight is 189 g/mol. The summed E-state index contributed by atoms with van der Waals surface area (Å²) in [4.78, 5) is 4.20. The van der Waals surface area contributed by atoms with Gasteiger partial charge in [0, 0.05) is 18.6 Å². The maximum Gasteiger partial charge on any atom is 0.0831 e.